The van der Waals surface area contributed by atoms with E-state index in [0.29, 0.717) is 53.9 Å². The number of carbonyl (C=O) groups is 1. The van der Waals surface area contributed by atoms with Crippen LogP contribution in [-0.4, -0.2) is 41.9 Å². The highest BCUT2D eigenvalue weighted by atomic mass is 35.5. The molecular weight excluding hydrogens is 452 g/mol. The minimum absolute atomic E-state index is 0.175. The van der Waals surface area contributed by atoms with Gasteiger partial charge in [0.15, 0.2) is 0 Å². The molecule has 1 N–H and O–H groups in total. The molecule has 4 rings (SSSR count). The average molecular weight is 475 g/mol. The first-order chi connectivity index (χ1) is 15.4. The summed E-state index contributed by atoms with van der Waals surface area (Å²) < 4.78 is 31.9. The Morgan fingerprint density at radius 2 is 1.81 bits per heavy atom. The minimum Gasteiger partial charge on any atom is -0.339 e. The monoisotopic (exact) mass is 474 g/mol. The third-order valence-corrected chi connectivity index (χ3v) is 7.46. The van der Waals surface area contributed by atoms with E-state index in [2.05, 4.69) is 15.5 Å². The standard InChI is InChI=1S/C22H23ClN4O4S/c23-19-7-2-1-6-18(19)22-25-21(31-26-22)9-5-8-20(28)24-16-10-12-17(13-11-16)32(29,30)27-14-3-4-15-27/h1-2,6-7,10-13H,3-5,8-9,14-15H2,(H,24,28). The fraction of sp³-hybridized carbons (Fsp3) is 0.318. The fourth-order valence-electron chi connectivity index (χ4n) is 3.52. The number of anilines is 1. The molecule has 2 aromatic carbocycles. The fourth-order valence-corrected chi connectivity index (χ4v) is 5.26. The molecule has 2 heterocycles. The van der Waals surface area contributed by atoms with Crippen molar-refractivity contribution in [2.75, 3.05) is 18.4 Å². The van der Waals surface area contributed by atoms with E-state index in [0.717, 1.165) is 12.8 Å². The van der Waals surface area contributed by atoms with Crippen LogP contribution in [0.1, 0.15) is 31.6 Å². The summed E-state index contributed by atoms with van der Waals surface area (Å²) in [5, 5.41) is 7.27. The Kier molecular flexibility index (Phi) is 6.88. The van der Waals surface area contributed by atoms with Crippen molar-refractivity contribution < 1.29 is 17.7 Å². The largest absolute Gasteiger partial charge is 0.339 e. The second-order valence-corrected chi connectivity index (χ2v) is 9.87. The quantitative estimate of drug-likeness (QED) is 0.526. The molecule has 1 amide bonds. The second-order valence-electron chi connectivity index (χ2n) is 7.53. The number of benzene rings is 2. The number of rotatable bonds is 8. The summed E-state index contributed by atoms with van der Waals surface area (Å²) in [7, 11) is -3.46. The Balaban J connectivity index is 1.27. The number of sulfonamides is 1. The lowest BCUT2D eigenvalue weighted by molar-refractivity contribution is -0.116. The molecule has 0 aliphatic carbocycles. The molecule has 0 unspecified atom stereocenters. The van der Waals surface area contributed by atoms with Gasteiger partial charge in [0.05, 0.1) is 9.92 Å². The Morgan fingerprint density at radius 1 is 1.09 bits per heavy atom. The first kappa shape index (κ1) is 22.4. The van der Waals surface area contributed by atoms with Crippen LogP contribution in [0.2, 0.25) is 5.02 Å². The predicted octanol–water partition coefficient (Wildman–Crippen LogP) is 4.14. The summed E-state index contributed by atoms with van der Waals surface area (Å²) >= 11 is 6.15. The van der Waals surface area contributed by atoms with Crippen LogP contribution in [-0.2, 0) is 21.2 Å². The van der Waals surface area contributed by atoms with Crippen LogP contribution < -0.4 is 5.32 Å². The molecule has 32 heavy (non-hydrogen) atoms. The number of nitrogens with one attached hydrogen (secondary N) is 1. The summed E-state index contributed by atoms with van der Waals surface area (Å²) in [6, 6.07) is 13.5. The molecule has 0 atom stereocenters. The van der Waals surface area contributed by atoms with Gasteiger partial charge in [0.25, 0.3) is 0 Å². The molecule has 168 valence electrons. The molecule has 0 saturated carbocycles. The molecule has 1 aliphatic heterocycles. The number of hydrogen-bond acceptors (Lipinski definition) is 6. The van der Waals surface area contributed by atoms with Gasteiger partial charge in [-0.15, -0.1) is 0 Å². The molecule has 10 heteroatoms. The van der Waals surface area contributed by atoms with Gasteiger partial charge in [-0.2, -0.15) is 9.29 Å². The highest BCUT2D eigenvalue weighted by Gasteiger charge is 2.26. The van der Waals surface area contributed by atoms with Crippen molar-refractivity contribution in [2.45, 2.75) is 37.0 Å². The number of aromatic nitrogens is 2. The van der Waals surface area contributed by atoms with Gasteiger partial charge < -0.3 is 9.84 Å². The van der Waals surface area contributed by atoms with E-state index in [4.69, 9.17) is 16.1 Å². The highest BCUT2D eigenvalue weighted by Crippen LogP contribution is 2.25. The SMILES string of the molecule is O=C(CCCc1nc(-c2ccccc2Cl)no1)Nc1ccc(S(=O)(=O)N2CCCC2)cc1. The smallest absolute Gasteiger partial charge is 0.243 e. The predicted molar refractivity (Wildman–Crippen MR) is 121 cm³/mol. The topological polar surface area (TPSA) is 105 Å². The molecule has 0 radical (unpaired) electrons. The molecular formula is C22H23ClN4O4S. The minimum atomic E-state index is -3.46. The van der Waals surface area contributed by atoms with Crippen LogP contribution in [0.4, 0.5) is 5.69 Å². The van der Waals surface area contributed by atoms with Crippen molar-refractivity contribution >= 4 is 33.2 Å². The third kappa shape index (κ3) is 5.17. The molecule has 0 bridgehead atoms. The molecule has 1 saturated heterocycles. The zero-order chi connectivity index (χ0) is 22.6. The van der Waals surface area contributed by atoms with E-state index < -0.39 is 10.0 Å². The maximum Gasteiger partial charge on any atom is 0.243 e. The molecule has 1 aliphatic rings. The normalized spacial score (nSPS) is 14.5. The number of nitrogens with zero attached hydrogens (tertiary/aromatic N) is 3. The van der Waals surface area contributed by atoms with Crippen molar-refractivity contribution in [3.8, 4) is 11.4 Å². The van der Waals surface area contributed by atoms with Crippen molar-refractivity contribution in [2.24, 2.45) is 0 Å². The van der Waals surface area contributed by atoms with Crippen LogP contribution in [0, 0.1) is 0 Å². The van der Waals surface area contributed by atoms with Gasteiger partial charge in [-0.1, -0.05) is 28.9 Å². The summed E-state index contributed by atoms with van der Waals surface area (Å²) in [4.78, 5) is 16.8. The van der Waals surface area contributed by atoms with E-state index in [-0.39, 0.29) is 17.2 Å². The van der Waals surface area contributed by atoms with Crippen molar-refractivity contribution in [1.29, 1.82) is 0 Å². The van der Waals surface area contributed by atoms with E-state index in [1.54, 1.807) is 18.2 Å². The molecule has 0 spiro atoms. The van der Waals surface area contributed by atoms with E-state index in [1.807, 2.05) is 18.2 Å². The van der Waals surface area contributed by atoms with Crippen LogP contribution in [0.5, 0.6) is 0 Å². The lowest BCUT2D eigenvalue weighted by Gasteiger charge is -2.15. The Bertz CT molecular complexity index is 1190. The first-order valence-corrected chi connectivity index (χ1v) is 12.2. The molecule has 3 aromatic rings. The maximum absolute atomic E-state index is 12.6. The van der Waals surface area contributed by atoms with Crippen molar-refractivity contribution in [3.63, 3.8) is 0 Å². The second kappa shape index (κ2) is 9.81. The number of aryl methyl sites for hydroxylation is 1. The number of halogens is 1. The van der Waals surface area contributed by atoms with Gasteiger partial charge in [-0.3, -0.25) is 4.79 Å². The van der Waals surface area contributed by atoms with Crippen molar-refractivity contribution in [1.82, 2.24) is 14.4 Å². The average Bonchev–Trinajstić information content (AvgIpc) is 3.47. The van der Waals surface area contributed by atoms with Gasteiger partial charge in [0.1, 0.15) is 0 Å². The van der Waals surface area contributed by atoms with E-state index >= 15 is 0 Å². The lowest BCUT2D eigenvalue weighted by atomic mass is 10.2. The van der Waals surface area contributed by atoms with Crippen LogP contribution >= 0.6 is 11.6 Å². The summed E-state index contributed by atoms with van der Waals surface area (Å²) in [5.74, 6) is 0.675. The highest BCUT2D eigenvalue weighted by molar-refractivity contribution is 7.89. The number of amides is 1. The number of hydrogen-bond donors (Lipinski definition) is 1. The molecule has 1 aromatic heterocycles. The van der Waals surface area contributed by atoms with E-state index in [9.17, 15) is 13.2 Å². The van der Waals surface area contributed by atoms with Gasteiger partial charge in [0.2, 0.25) is 27.6 Å². The van der Waals surface area contributed by atoms with Crippen LogP contribution in [0.25, 0.3) is 11.4 Å². The molecule has 1 fully saturated rings. The Labute approximate surface area is 191 Å². The van der Waals surface area contributed by atoms with Crippen LogP contribution in [0.15, 0.2) is 57.9 Å². The van der Waals surface area contributed by atoms with Gasteiger partial charge in [0, 0.05) is 37.2 Å². The summed E-state index contributed by atoms with van der Waals surface area (Å²) in [5.41, 5.74) is 1.24. The zero-order valence-electron chi connectivity index (χ0n) is 17.3. The lowest BCUT2D eigenvalue weighted by Crippen LogP contribution is -2.27. The number of carbonyl (C=O) groups excluding carboxylic acids is 1. The first-order valence-electron chi connectivity index (χ1n) is 10.4. The van der Waals surface area contributed by atoms with Gasteiger partial charge in [-0.05, 0) is 55.7 Å². The van der Waals surface area contributed by atoms with Gasteiger partial charge >= 0.3 is 0 Å². The maximum atomic E-state index is 12.6. The van der Waals surface area contributed by atoms with Crippen LogP contribution in [0.3, 0.4) is 0 Å². The summed E-state index contributed by atoms with van der Waals surface area (Å²) in [6.07, 6.45) is 3.02. The zero-order valence-corrected chi connectivity index (χ0v) is 18.9. The van der Waals surface area contributed by atoms with Gasteiger partial charge in [-0.25, -0.2) is 8.42 Å². The Hall–Kier alpha value is -2.75. The third-order valence-electron chi connectivity index (χ3n) is 5.22. The Morgan fingerprint density at radius 3 is 2.53 bits per heavy atom. The van der Waals surface area contributed by atoms with Crippen molar-refractivity contribution in [3.05, 3.63) is 59.4 Å². The van der Waals surface area contributed by atoms with E-state index in [1.165, 1.54) is 16.4 Å². The molecule has 8 nitrogen and oxygen atoms in total. The summed E-state index contributed by atoms with van der Waals surface area (Å²) in [6.45, 7) is 1.11.